The second-order valence-electron chi connectivity index (χ2n) is 7.70. The first-order valence-corrected chi connectivity index (χ1v) is 10.5. The number of anilines is 1. The van der Waals surface area contributed by atoms with E-state index in [4.69, 9.17) is 26.1 Å². The Bertz CT molecular complexity index is 1190. The van der Waals surface area contributed by atoms with Crippen LogP contribution in [0, 0.1) is 5.92 Å². The number of benzene rings is 1. The van der Waals surface area contributed by atoms with Crippen molar-refractivity contribution in [1.82, 2.24) is 19.5 Å². The molecule has 1 aliphatic rings. The second kappa shape index (κ2) is 8.53. The van der Waals surface area contributed by atoms with Crippen molar-refractivity contribution >= 4 is 28.6 Å². The van der Waals surface area contributed by atoms with Gasteiger partial charge >= 0.3 is 0 Å². The topological polar surface area (TPSA) is 74.1 Å². The van der Waals surface area contributed by atoms with Crippen molar-refractivity contribution in [3.63, 3.8) is 0 Å². The summed E-state index contributed by atoms with van der Waals surface area (Å²) in [5.74, 6) is 2.39. The molecular formula is C23H22ClN5O2. The molecule has 1 aromatic carbocycles. The maximum atomic E-state index is 5.84. The fourth-order valence-corrected chi connectivity index (χ4v) is 3.65. The van der Waals surface area contributed by atoms with Gasteiger partial charge in [-0.05, 0) is 35.7 Å². The average Bonchev–Trinajstić information content (AvgIpc) is 3.07. The number of aryl methyl sites for hydroxylation is 1. The van der Waals surface area contributed by atoms with Crippen LogP contribution in [0.3, 0.4) is 0 Å². The van der Waals surface area contributed by atoms with Gasteiger partial charge in [-0.2, -0.15) is 0 Å². The fourth-order valence-electron chi connectivity index (χ4n) is 3.54. The van der Waals surface area contributed by atoms with Crippen LogP contribution in [-0.2, 0) is 24.8 Å². The largest absolute Gasteiger partial charge is 0.421 e. The Balaban J connectivity index is 1.23. The first-order valence-electron chi connectivity index (χ1n) is 10.2. The number of fused-ring (bicyclic) bond motifs is 1. The standard InChI is InChI=1S/C23H22ClN5O2/c1-29-20-9-15(8-17-13-30-14-17)2-5-19(20)28-23(29)27-11-16-3-6-21(25-10-16)31-22-7-4-18(24)12-26-22/h2-7,9-10,12,17H,8,11,13-14H2,1H3,(H,27,28). The van der Waals surface area contributed by atoms with Gasteiger partial charge in [-0.1, -0.05) is 23.7 Å². The van der Waals surface area contributed by atoms with Crippen LogP contribution >= 0.6 is 11.6 Å². The smallest absolute Gasteiger partial charge is 0.221 e. The van der Waals surface area contributed by atoms with E-state index in [1.165, 1.54) is 11.8 Å². The maximum absolute atomic E-state index is 5.84. The second-order valence-corrected chi connectivity index (χ2v) is 8.14. The number of imidazole rings is 1. The molecular weight excluding hydrogens is 414 g/mol. The van der Waals surface area contributed by atoms with Crippen LogP contribution in [0.4, 0.5) is 5.95 Å². The lowest BCUT2D eigenvalue weighted by molar-refractivity contribution is -0.0312. The highest BCUT2D eigenvalue weighted by Gasteiger charge is 2.19. The lowest BCUT2D eigenvalue weighted by atomic mass is 9.98. The van der Waals surface area contributed by atoms with Crippen molar-refractivity contribution in [1.29, 1.82) is 0 Å². The minimum absolute atomic E-state index is 0.451. The lowest BCUT2D eigenvalue weighted by Gasteiger charge is -2.25. The third kappa shape index (κ3) is 4.47. The predicted molar refractivity (Wildman–Crippen MR) is 120 cm³/mol. The molecule has 31 heavy (non-hydrogen) atoms. The van der Waals surface area contributed by atoms with Crippen LogP contribution < -0.4 is 10.1 Å². The number of pyridine rings is 2. The van der Waals surface area contributed by atoms with Crippen LogP contribution in [0.15, 0.2) is 54.9 Å². The first kappa shape index (κ1) is 19.8. The van der Waals surface area contributed by atoms with Crippen LogP contribution in [-0.4, -0.2) is 32.7 Å². The molecule has 158 valence electrons. The molecule has 4 heterocycles. The summed E-state index contributed by atoms with van der Waals surface area (Å²) < 4.78 is 13.0. The van der Waals surface area contributed by atoms with Gasteiger partial charge in [0.15, 0.2) is 0 Å². The molecule has 1 fully saturated rings. The zero-order valence-electron chi connectivity index (χ0n) is 17.1. The van der Waals surface area contributed by atoms with Gasteiger partial charge in [-0.3, -0.25) is 0 Å². The predicted octanol–water partition coefficient (Wildman–Crippen LogP) is 4.61. The van der Waals surface area contributed by atoms with Crippen LogP contribution in [0.5, 0.6) is 11.8 Å². The van der Waals surface area contributed by atoms with Gasteiger partial charge in [-0.15, -0.1) is 0 Å². The number of halogens is 1. The summed E-state index contributed by atoms with van der Waals surface area (Å²) in [5.41, 5.74) is 4.45. The summed E-state index contributed by atoms with van der Waals surface area (Å²) in [7, 11) is 2.03. The normalized spacial score (nSPS) is 13.9. The number of hydrogen-bond donors (Lipinski definition) is 1. The first-order chi connectivity index (χ1) is 15.1. The molecule has 4 aromatic rings. The Labute approximate surface area is 185 Å². The molecule has 0 amide bonds. The third-order valence-electron chi connectivity index (χ3n) is 5.33. The van der Waals surface area contributed by atoms with Crippen LogP contribution in [0.1, 0.15) is 11.1 Å². The third-order valence-corrected chi connectivity index (χ3v) is 5.56. The number of nitrogens with one attached hydrogen (secondary N) is 1. The molecule has 1 N–H and O–H groups in total. The van der Waals surface area contributed by atoms with Crippen molar-refractivity contribution in [3.05, 3.63) is 71.0 Å². The Morgan fingerprint density at radius 1 is 1.06 bits per heavy atom. The van der Waals surface area contributed by atoms with E-state index in [0.29, 0.717) is 29.2 Å². The Morgan fingerprint density at radius 2 is 1.84 bits per heavy atom. The summed E-state index contributed by atoms with van der Waals surface area (Å²) in [6, 6.07) is 13.7. The summed E-state index contributed by atoms with van der Waals surface area (Å²) in [6.45, 7) is 2.34. The molecule has 0 bridgehead atoms. The van der Waals surface area contributed by atoms with Gasteiger partial charge in [0.2, 0.25) is 17.7 Å². The molecule has 0 atom stereocenters. The van der Waals surface area contributed by atoms with E-state index in [2.05, 4.69) is 38.1 Å². The Kier molecular flexibility index (Phi) is 5.44. The zero-order valence-corrected chi connectivity index (χ0v) is 17.8. The zero-order chi connectivity index (χ0) is 21.2. The SMILES string of the molecule is Cn1c(NCc2ccc(Oc3ccc(Cl)cn3)nc2)nc2ccc(CC3COC3)cc21. The molecule has 0 aliphatic carbocycles. The van der Waals surface area contributed by atoms with E-state index in [9.17, 15) is 0 Å². The van der Waals surface area contributed by atoms with Gasteiger partial charge in [-0.25, -0.2) is 15.0 Å². The highest BCUT2D eigenvalue weighted by Crippen LogP contribution is 2.24. The molecule has 3 aromatic heterocycles. The number of hydrogen-bond acceptors (Lipinski definition) is 6. The molecule has 1 saturated heterocycles. The van der Waals surface area contributed by atoms with Gasteiger partial charge in [0.05, 0.1) is 29.3 Å². The minimum Gasteiger partial charge on any atom is -0.421 e. The highest BCUT2D eigenvalue weighted by atomic mass is 35.5. The van der Waals surface area contributed by atoms with Crippen molar-refractivity contribution < 1.29 is 9.47 Å². The van der Waals surface area contributed by atoms with E-state index >= 15 is 0 Å². The van der Waals surface area contributed by atoms with Gasteiger partial charge < -0.3 is 19.4 Å². The van der Waals surface area contributed by atoms with E-state index in [1.54, 1.807) is 18.3 Å². The lowest BCUT2D eigenvalue weighted by Crippen LogP contribution is -2.29. The molecule has 0 saturated carbocycles. The van der Waals surface area contributed by atoms with Crippen molar-refractivity contribution in [2.24, 2.45) is 13.0 Å². The minimum atomic E-state index is 0.451. The fraction of sp³-hybridized carbons (Fsp3) is 0.261. The monoisotopic (exact) mass is 435 g/mol. The Morgan fingerprint density at radius 3 is 2.52 bits per heavy atom. The van der Waals surface area contributed by atoms with Gasteiger partial charge in [0.25, 0.3) is 0 Å². The summed E-state index contributed by atoms with van der Waals surface area (Å²) >= 11 is 5.84. The molecule has 0 radical (unpaired) electrons. The summed E-state index contributed by atoms with van der Waals surface area (Å²) in [4.78, 5) is 13.2. The quantitative estimate of drug-likeness (QED) is 0.457. The summed E-state index contributed by atoms with van der Waals surface area (Å²) in [6.07, 6.45) is 4.37. The number of nitrogens with zero attached hydrogens (tertiary/aromatic N) is 4. The van der Waals surface area contributed by atoms with Crippen molar-refractivity contribution in [3.8, 4) is 11.8 Å². The van der Waals surface area contributed by atoms with Gasteiger partial charge in [0, 0.05) is 44.0 Å². The highest BCUT2D eigenvalue weighted by molar-refractivity contribution is 6.30. The maximum Gasteiger partial charge on any atom is 0.221 e. The van der Waals surface area contributed by atoms with E-state index in [0.717, 1.165) is 42.2 Å². The molecule has 8 heteroatoms. The number of aromatic nitrogens is 4. The number of rotatable bonds is 7. The van der Waals surface area contributed by atoms with Crippen molar-refractivity contribution in [2.75, 3.05) is 18.5 Å². The number of ether oxygens (including phenoxy) is 2. The van der Waals surface area contributed by atoms with E-state index in [1.807, 2.05) is 19.2 Å². The molecule has 5 rings (SSSR count). The van der Waals surface area contributed by atoms with Crippen molar-refractivity contribution in [2.45, 2.75) is 13.0 Å². The van der Waals surface area contributed by atoms with E-state index in [-0.39, 0.29) is 0 Å². The molecule has 0 spiro atoms. The van der Waals surface area contributed by atoms with Crippen LogP contribution in [0.25, 0.3) is 11.0 Å². The molecule has 0 unspecified atom stereocenters. The molecule has 7 nitrogen and oxygen atoms in total. The summed E-state index contributed by atoms with van der Waals surface area (Å²) in [5, 5.41) is 3.96. The Hall–Kier alpha value is -3.16. The van der Waals surface area contributed by atoms with Gasteiger partial charge in [0.1, 0.15) is 0 Å². The average molecular weight is 436 g/mol. The van der Waals surface area contributed by atoms with E-state index < -0.39 is 0 Å². The molecule has 1 aliphatic heterocycles. The van der Waals surface area contributed by atoms with Crippen LogP contribution in [0.2, 0.25) is 5.02 Å².